The smallest absolute Gasteiger partial charge is 0.270 e. The molecule has 0 bridgehead atoms. The molecule has 4 nitrogen and oxygen atoms in total. The molecule has 0 saturated heterocycles. The van der Waals surface area contributed by atoms with Gasteiger partial charge < -0.3 is 5.32 Å². The van der Waals surface area contributed by atoms with Gasteiger partial charge in [0.2, 0.25) is 0 Å². The molecule has 1 amide bonds. The second-order valence-corrected chi connectivity index (χ2v) is 5.38. The monoisotopic (exact) mass is 287 g/mol. The summed E-state index contributed by atoms with van der Waals surface area (Å²) < 4.78 is 0. The molecule has 5 heteroatoms. The van der Waals surface area contributed by atoms with Crippen LogP contribution in [0.25, 0.3) is 0 Å². The van der Waals surface area contributed by atoms with Gasteiger partial charge in [0.15, 0.2) is 0 Å². The van der Waals surface area contributed by atoms with Crippen LogP contribution in [0.2, 0.25) is 0 Å². The van der Waals surface area contributed by atoms with Crippen molar-refractivity contribution in [3.05, 3.63) is 54.6 Å². The number of pyridine rings is 2. The van der Waals surface area contributed by atoms with Crippen molar-refractivity contribution in [2.75, 3.05) is 5.75 Å². The number of aromatic nitrogens is 2. The molecule has 0 saturated carbocycles. The summed E-state index contributed by atoms with van der Waals surface area (Å²) in [6.07, 6.45) is 6.06. The molecule has 1 N–H and O–H groups in total. The third-order valence-corrected chi connectivity index (χ3v) is 4.00. The van der Waals surface area contributed by atoms with Crippen LogP contribution < -0.4 is 5.32 Å². The lowest BCUT2D eigenvalue weighted by molar-refractivity contribution is 0.0935. The van der Waals surface area contributed by atoms with Gasteiger partial charge in [0, 0.05) is 35.3 Å². The van der Waals surface area contributed by atoms with E-state index in [0.29, 0.717) is 5.69 Å². The molecular formula is C15H17N3OS. The van der Waals surface area contributed by atoms with Crippen LogP contribution >= 0.6 is 11.8 Å². The quantitative estimate of drug-likeness (QED) is 0.830. The molecule has 2 heterocycles. The van der Waals surface area contributed by atoms with Crippen LogP contribution in [0.3, 0.4) is 0 Å². The lowest BCUT2D eigenvalue weighted by Gasteiger charge is -2.16. The van der Waals surface area contributed by atoms with Crippen molar-refractivity contribution in [2.24, 2.45) is 0 Å². The minimum absolute atomic E-state index is 0.118. The van der Waals surface area contributed by atoms with Crippen LogP contribution in [0.4, 0.5) is 0 Å². The molecule has 0 fully saturated rings. The van der Waals surface area contributed by atoms with Gasteiger partial charge in [-0.05, 0) is 30.7 Å². The topological polar surface area (TPSA) is 54.9 Å². The largest absolute Gasteiger partial charge is 0.347 e. The fourth-order valence-corrected chi connectivity index (χ4v) is 2.68. The highest BCUT2D eigenvalue weighted by Crippen LogP contribution is 2.18. The summed E-state index contributed by atoms with van der Waals surface area (Å²) in [4.78, 5) is 21.2. The van der Waals surface area contributed by atoms with E-state index in [9.17, 15) is 4.79 Å². The SMILES string of the molecule is CCC(CSc1ccncc1)NC(=O)c1ccccn1. The molecule has 0 spiro atoms. The molecule has 1 unspecified atom stereocenters. The van der Waals surface area contributed by atoms with Crippen LogP contribution in [0.1, 0.15) is 23.8 Å². The van der Waals surface area contributed by atoms with Crippen molar-refractivity contribution in [1.82, 2.24) is 15.3 Å². The maximum absolute atomic E-state index is 12.0. The minimum atomic E-state index is -0.118. The van der Waals surface area contributed by atoms with E-state index < -0.39 is 0 Å². The van der Waals surface area contributed by atoms with E-state index in [1.807, 2.05) is 18.2 Å². The van der Waals surface area contributed by atoms with E-state index in [2.05, 4.69) is 22.2 Å². The second-order valence-electron chi connectivity index (χ2n) is 4.29. The molecule has 2 rings (SSSR count). The maximum Gasteiger partial charge on any atom is 0.270 e. The Morgan fingerprint density at radius 1 is 1.25 bits per heavy atom. The Balaban J connectivity index is 1.88. The van der Waals surface area contributed by atoms with Crippen molar-refractivity contribution in [3.63, 3.8) is 0 Å². The molecule has 0 aromatic carbocycles. The van der Waals surface area contributed by atoms with Crippen LogP contribution in [-0.2, 0) is 0 Å². The molecule has 2 aromatic heterocycles. The molecule has 2 aromatic rings. The van der Waals surface area contributed by atoms with E-state index >= 15 is 0 Å². The summed E-state index contributed by atoms with van der Waals surface area (Å²) in [6.45, 7) is 2.07. The number of nitrogens with one attached hydrogen (secondary N) is 1. The molecule has 0 aliphatic carbocycles. The Morgan fingerprint density at radius 2 is 2.05 bits per heavy atom. The van der Waals surface area contributed by atoms with Crippen LogP contribution in [0, 0.1) is 0 Å². The zero-order valence-electron chi connectivity index (χ0n) is 11.3. The van der Waals surface area contributed by atoms with E-state index in [0.717, 1.165) is 17.1 Å². The first-order chi connectivity index (χ1) is 9.79. The first-order valence-corrected chi connectivity index (χ1v) is 7.53. The Labute approximate surface area is 123 Å². The third-order valence-electron chi connectivity index (χ3n) is 2.83. The first-order valence-electron chi connectivity index (χ1n) is 6.54. The summed E-state index contributed by atoms with van der Waals surface area (Å²) in [5.74, 6) is 0.715. The van der Waals surface area contributed by atoms with Crippen LogP contribution in [0.15, 0.2) is 53.8 Å². The van der Waals surface area contributed by atoms with Gasteiger partial charge in [-0.1, -0.05) is 13.0 Å². The minimum Gasteiger partial charge on any atom is -0.347 e. The lowest BCUT2D eigenvalue weighted by Crippen LogP contribution is -2.36. The van der Waals surface area contributed by atoms with E-state index in [1.165, 1.54) is 0 Å². The standard InChI is InChI=1S/C15H17N3OS/c1-2-12(11-20-13-6-9-16-10-7-13)18-15(19)14-5-3-4-8-17-14/h3-10,12H,2,11H2,1H3,(H,18,19). The third kappa shape index (κ3) is 4.35. The highest BCUT2D eigenvalue weighted by Gasteiger charge is 2.13. The average Bonchev–Trinajstić information content (AvgIpc) is 2.53. The Morgan fingerprint density at radius 3 is 2.70 bits per heavy atom. The number of thioether (sulfide) groups is 1. The van der Waals surface area contributed by atoms with Crippen molar-refractivity contribution < 1.29 is 4.79 Å². The van der Waals surface area contributed by atoms with Crippen molar-refractivity contribution >= 4 is 17.7 Å². The fraction of sp³-hybridized carbons (Fsp3) is 0.267. The predicted molar refractivity (Wildman–Crippen MR) is 80.7 cm³/mol. The molecule has 0 aliphatic heterocycles. The Hall–Kier alpha value is -1.88. The summed E-state index contributed by atoms with van der Waals surface area (Å²) >= 11 is 1.72. The predicted octanol–water partition coefficient (Wildman–Crippen LogP) is 2.78. The molecule has 20 heavy (non-hydrogen) atoms. The van der Waals surface area contributed by atoms with Gasteiger partial charge in [0.05, 0.1) is 0 Å². The van der Waals surface area contributed by atoms with Crippen LogP contribution in [-0.4, -0.2) is 27.7 Å². The van der Waals surface area contributed by atoms with Crippen LogP contribution in [0.5, 0.6) is 0 Å². The number of hydrogen-bond donors (Lipinski definition) is 1. The highest BCUT2D eigenvalue weighted by atomic mass is 32.2. The van der Waals surface area contributed by atoms with Gasteiger partial charge in [0.25, 0.3) is 5.91 Å². The first kappa shape index (κ1) is 14.5. The average molecular weight is 287 g/mol. The zero-order valence-corrected chi connectivity index (χ0v) is 12.1. The summed E-state index contributed by atoms with van der Waals surface area (Å²) in [5, 5.41) is 3.02. The van der Waals surface area contributed by atoms with Gasteiger partial charge >= 0.3 is 0 Å². The van der Waals surface area contributed by atoms with E-state index in [1.54, 1.807) is 42.5 Å². The summed E-state index contributed by atoms with van der Waals surface area (Å²) in [6, 6.07) is 9.40. The molecular weight excluding hydrogens is 270 g/mol. The lowest BCUT2D eigenvalue weighted by atomic mass is 10.2. The van der Waals surface area contributed by atoms with Crippen molar-refractivity contribution in [3.8, 4) is 0 Å². The van der Waals surface area contributed by atoms with E-state index in [4.69, 9.17) is 0 Å². The van der Waals surface area contributed by atoms with Gasteiger partial charge in [-0.2, -0.15) is 0 Å². The maximum atomic E-state index is 12.0. The zero-order chi connectivity index (χ0) is 14.2. The van der Waals surface area contributed by atoms with Gasteiger partial charge in [-0.3, -0.25) is 14.8 Å². The Bertz CT molecular complexity index is 533. The highest BCUT2D eigenvalue weighted by molar-refractivity contribution is 7.99. The molecule has 104 valence electrons. The number of rotatable bonds is 6. The summed E-state index contributed by atoms with van der Waals surface area (Å²) in [7, 11) is 0. The number of nitrogens with zero attached hydrogens (tertiary/aromatic N) is 2. The molecule has 0 radical (unpaired) electrons. The Kier molecular flexibility index (Phi) is 5.55. The summed E-state index contributed by atoms with van der Waals surface area (Å²) in [5.41, 5.74) is 0.458. The van der Waals surface area contributed by atoms with E-state index in [-0.39, 0.29) is 11.9 Å². The number of hydrogen-bond acceptors (Lipinski definition) is 4. The molecule has 0 aliphatic rings. The number of amides is 1. The number of carbonyl (C=O) groups is 1. The fourth-order valence-electron chi connectivity index (χ4n) is 1.65. The molecule has 1 atom stereocenters. The second kappa shape index (κ2) is 7.65. The van der Waals surface area contributed by atoms with Gasteiger partial charge in [0.1, 0.15) is 5.69 Å². The normalized spacial score (nSPS) is 11.8. The van der Waals surface area contributed by atoms with Crippen molar-refractivity contribution in [1.29, 1.82) is 0 Å². The van der Waals surface area contributed by atoms with Gasteiger partial charge in [-0.15, -0.1) is 11.8 Å². The van der Waals surface area contributed by atoms with Crippen molar-refractivity contribution in [2.45, 2.75) is 24.3 Å². The number of carbonyl (C=O) groups excluding carboxylic acids is 1. The van der Waals surface area contributed by atoms with Gasteiger partial charge in [-0.25, -0.2) is 0 Å².